The Morgan fingerprint density at radius 1 is 1.38 bits per heavy atom. The molecule has 1 spiro atoms. The van der Waals surface area contributed by atoms with Crippen LogP contribution in [0.4, 0.5) is 0 Å². The molecule has 3 aliphatic rings. The van der Waals surface area contributed by atoms with E-state index in [1.807, 2.05) is 17.2 Å². The van der Waals surface area contributed by atoms with Gasteiger partial charge in [-0.25, -0.2) is 4.98 Å². The number of unbranched alkanes of at least 4 members (excludes halogenated alkanes) is 1. The van der Waals surface area contributed by atoms with Gasteiger partial charge < -0.3 is 15.1 Å². The Kier molecular flexibility index (Phi) is 4.77. The van der Waals surface area contributed by atoms with Crippen LogP contribution in [0.2, 0.25) is 0 Å². The number of fused-ring (bicyclic) bond motifs is 2. The van der Waals surface area contributed by atoms with Crippen LogP contribution in [0, 0.1) is 18.8 Å². The zero-order chi connectivity index (χ0) is 18.3. The third-order valence-corrected chi connectivity index (χ3v) is 7.20. The van der Waals surface area contributed by atoms with Gasteiger partial charge in [0.15, 0.2) is 0 Å². The number of hydrogen-bond acceptors (Lipinski definition) is 5. The highest BCUT2D eigenvalue weighted by Gasteiger charge is 2.57. The van der Waals surface area contributed by atoms with Crippen molar-refractivity contribution in [2.24, 2.45) is 11.8 Å². The van der Waals surface area contributed by atoms with E-state index in [-0.39, 0.29) is 23.3 Å². The fourth-order valence-corrected chi connectivity index (χ4v) is 5.52. The van der Waals surface area contributed by atoms with E-state index in [0.717, 1.165) is 37.5 Å². The summed E-state index contributed by atoms with van der Waals surface area (Å²) in [5.41, 5.74) is 0.445. The number of carbonyl (C=O) groups is 2. The number of hydrogen-bond donors (Lipinski definition) is 1. The SMILES string of the molecule is CCCCN1C[C@H]2C(=O)NC3(CCN(C(=O)c4csc(C)n4)CC3)[C@H]2C1. The zero-order valence-corrected chi connectivity index (χ0v) is 16.5. The van der Waals surface area contributed by atoms with Gasteiger partial charge in [0, 0.05) is 43.0 Å². The summed E-state index contributed by atoms with van der Waals surface area (Å²) in [4.78, 5) is 33.9. The van der Waals surface area contributed by atoms with Gasteiger partial charge in [-0.2, -0.15) is 0 Å². The fraction of sp³-hybridized carbons (Fsp3) is 0.737. The molecule has 3 fully saturated rings. The average Bonchev–Trinajstić information content (AvgIpc) is 3.31. The second kappa shape index (κ2) is 6.93. The number of rotatable bonds is 4. The van der Waals surface area contributed by atoms with Crippen LogP contribution in [0.15, 0.2) is 5.38 Å². The standard InChI is InChI=1S/C19H28N4O2S/c1-3-4-7-22-10-14-15(11-22)19(21-17(14)24)5-8-23(9-6-19)18(25)16-12-26-13(2)20-16/h12,14-15H,3-11H2,1-2H3,(H,21,24)/t14-,15+/m1/s1. The van der Waals surface area contributed by atoms with Crippen LogP contribution >= 0.6 is 11.3 Å². The van der Waals surface area contributed by atoms with Crippen molar-refractivity contribution in [3.05, 3.63) is 16.1 Å². The summed E-state index contributed by atoms with van der Waals surface area (Å²) in [6.45, 7) is 8.55. The van der Waals surface area contributed by atoms with Crippen molar-refractivity contribution in [3.63, 3.8) is 0 Å². The summed E-state index contributed by atoms with van der Waals surface area (Å²) < 4.78 is 0. The minimum Gasteiger partial charge on any atom is -0.350 e. The molecule has 0 radical (unpaired) electrons. The molecule has 0 aliphatic carbocycles. The normalized spacial score (nSPS) is 27.8. The molecule has 142 valence electrons. The number of piperidine rings is 1. The molecule has 3 aliphatic heterocycles. The second-order valence-electron chi connectivity index (χ2n) is 8.02. The summed E-state index contributed by atoms with van der Waals surface area (Å²) in [5, 5.41) is 6.10. The third-order valence-electron chi connectivity index (χ3n) is 6.42. The predicted molar refractivity (Wildman–Crippen MR) is 101 cm³/mol. The highest BCUT2D eigenvalue weighted by molar-refractivity contribution is 7.09. The fourth-order valence-electron chi connectivity index (χ4n) is 4.93. The van der Waals surface area contributed by atoms with E-state index in [9.17, 15) is 9.59 Å². The monoisotopic (exact) mass is 376 g/mol. The summed E-state index contributed by atoms with van der Waals surface area (Å²) in [7, 11) is 0. The molecule has 2 amide bonds. The summed E-state index contributed by atoms with van der Waals surface area (Å²) in [6.07, 6.45) is 4.10. The molecule has 0 aromatic carbocycles. The largest absolute Gasteiger partial charge is 0.350 e. The number of aryl methyl sites for hydroxylation is 1. The number of nitrogens with one attached hydrogen (secondary N) is 1. The Bertz CT molecular complexity index is 695. The van der Waals surface area contributed by atoms with Crippen molar-refractivity contribution in [1.82, 2.24) is 20.1 Å². The van der Waals surface area contributed by atoms with E-state index in [1.165, 1.54) is 24.2 Å². The Morgan fingerprint density at radius 3 is 2.81 bits per heavy atom. The Hall–Kier alpha value is -1.47. The van der Waals surface area contributed by atoms with Crippen LogP contribution in [0.5, 0.6) is 0 Å². The molecular weight excluding hydrogens is 348 g/mol. The molecule has 2 atom stereocenters. The van der Waals surface area contributed by atoms with Gasteiger partial charge in [-0.05, 0) is 32.7 Å². The average molecular weight is 377 g/mol. The van der Waals surface area contributed by atoms with E-state index < -0.39 is 0 Å². The van der Waals surface area contributed by atoms with Crippen molar-refractivity contribution in [2.45, 2.75) is 45.1 Å². The maximum Gasteiger partial charge on any atom is 0.273 e. The van der Waals surface area contributed by atoms with Gasteiger partial charge in [-0.3, -0.25) is 9.59 Å². The van der Waals surface area contributed by atoms with Crippen LogP contribution in [0.25, 0.3) is 0 Å². The van der Waals surface area contributed by atoms with Crippen molar-refractivity contribution in [2.75, 3.05) is 32.7 Å². The van der Waals surface area contributed by atoms with Crippen molar-refractivity contribution < 1.29 is 9.59 Å². The summed E-state index contributed by atoms with van der Waals surface area (Å²) >= 11 is 1.51. The van der Waals surface area contributed by atoms with Crippen LogP contribution in [-0.2, 0) is 4.79 Å². The first-order chi connectivity index (χ1) is 12.5. The second-order valence-corrected chi connectivity index (χ2v) is 9.08. The van der Waals surface area contributed by atoms with E-state index in [0.29, 0.717) is 24.7 Å². The van der Waals surface area contributed by atoms with Gasteiger partial charge in [0.1, 0.15) is 5.69 Å². The third kappa shape index (κ3) is 3.05. The summed E-state index contributed by atoms with van der Waals surface area (Å²) in [6, 6.07) is 0. The Morgan fingerprint density at radius 2 is 2.15 bits per heavy atom. The Balaban J connectivity index is 1.41. The Labute approximate surface area is 159 Å². The van der Waals surface area contributed by atoms with Gasteiger partial charge in [0.25, 0.3) is 5.91 Å². The maximum atomic E-state index is 12.7. The van der Waals surface area contributed by atoms with Crippen LogP contribution in [0.3, 0.4) is 0 Å². The zero-order valence-electron chi connectivity index (χ0n) is 15.7. The highest BCUT2D eigenvalue weighted by atomic mass is 32.1. The van der Waals surface area contributed by atoms with E-state index in [4.69, 9.17) is 0 Å². The first-order valence-electron chi connectivity index (χ1n) is 9.78. The molecule has 1 aromatic heterocycles. The molecule has 7 heteroatoms. The smallest absolute Gasteiger partial charge is 0.273 e. The topological polar surface area (TPSA) is 65.5 Å². The van der Waals surface area contributed by atoms with Gasteiger partial charge in [0.2, 0.25) is 5.91 Å². The van der Waals surface area contributed by atoms with Gasteiger partial charge in [-0.15, -0.1) is 11.3 Å². The minimum absolute atomic E-state index is 0.0288. The summed E-state index contributed by atoms with van der Waals surface area (Å²) in [5.74, 6) is 0.783. The number of aromatic nitrogens is 1. The first-order valence-corrected chi connectivity index (χ1v) is 10.7. The van der Waals surface area contributed by atoms with Gasteiger partial charge in [-0.1, -0.05) is 13.3 Å². The molecule has 0 unspecified atom stereocenters. The lowest BCUT2D eigenvalue weighted by atomic mass is 9.75. The lowest BCUT2D eigenvalue weighted by Crippen LogP contribution is -2.56. The first kappa shape index (κ1) is 17.9. The maximum absolute atomic E-state index is 12.7. The molecule has 1 N–H and O–H groups in total. The predicted octanol–water partition coefficient (Wildman–Crippen LogP) is 1.90. The van der Waals surface area contributed by atoms with Crippen LogP contribution in [0.1, 0.15) is 48.1 Å². The van der Waals surface area contributed by atoms with E-state index in [1.54, 1.807) is 0 Å². The van der Waals surface area contributed by atoms with E-state index in [2.05, 4.69) is 22.1 Å². The molecule has 0 saturated carbocycles. The van der Waals surface area contributed by atoms with Crippen molar-refractivity contribution >= 4 is 23.2 Å². The number of likely N-dealkylation sites (tertiary alicyclic amines) is 2. The number of carbonyl (C=O) groups excluding carboxylic acids is 2. The highest BCUT2D eigenvalue weighted by Crippen LogP contribution is 2.44. The number of amides is 2. The van der Waals surface area contributed by atoms with Crippen LogP contribution in [-0.4, -0.2) is 64.9 Å². The van der Waals surface area contributed by atoms with Gasteiger partial charge >= 0.3 is 0 Å². The minimum atomic E-state index is -0.114. The van der Waals surface area contributed by atoms with Gasteiger partial charge in [0.05, 0.1) is 10.9 Å². The molecule has 1 aromatic rings. The van der Waals surface area contributed by atoms with Crippen molar-refractivity contribution in [1.29, 1.82) is 0 Å². The molecule has 3 saturated heterocycles. The number of nitrogens with zero attached hydrogens (tertiary/aromatic N) is 3. The molecule has 6 nitrogen and oxygen atoms in total. The molecule has 4 heterocycles. The molecule has 0 bridgehead atoms. The van der Waals surface area contributed by atoms with Crippen LogP contribution < -0.4 is 5.32 Å². The molecule has 26 heavy (non-hydrogen) atoms. The molecular formula is C19H28N4O2S. The van der Waals surface area contributed by atoms with E-state index >= 15 is 0 Å². The quantitative estimate of drug-likeness (QED) is 0.872. The molecule has 4 rings (SSSR count). The number of thiazole rings is 1. The lowest BCUT2D eigenvalue weighted by Gasteiger charge is -2.42. The lowest BCUT2D eigenvalue weighted by molar-refractivity contribution is -0.123. The van der Waals surface area contributed by atoms with Crippen molar-refractivity contribution in [3.8, 4) is 0 Å².